The number of primary amides is 1. The maximum absolute atomic E-state index is 12.6. The molecule has 2 amide bonds. The van der Waals surface area contributed by atoms with E-state index < -0.39 is 11.8 Å². The highest BCUT2D eigenvalue weighted by atomic mass is 32.1. The second kappa shape index (κ2) is 8.15. The lowest BCUT2D eigenvalue weighted by Crippen LogP contribution is -2.19. The van der Waals surface area contributed by atoms with Crippen molar-refractivity contribution in [3.05, 3.63) is 45.3 Å². The van der Waals surface area contributed by atoms with Crippen LogP contribution in [0.15, 0.2) is 23.8 Å². The number of carbonyl (C=O) groups is 2. The van der Waals surface area contributed by atoms with E-state index in [1.165, 1.54) is 36.7 Å². The predicted octanol–water partition coefficient (Wildman–Crippen LogP) is 2.99. The summed E-state index contributed by atoms with van der Waals surface area (Å²) in [4.78, 5) is 25.6. The molecule has 1 heterocycles. The van der Waals surface area contributed by atoms with Crippen LogP contribution in [-0.2, 0) is 17.6 Å². The summed E-state index contributed by atoms with van der Waals surface area (Å²) in [5.41, 5.74) is 7.08. The van der Waals surface area contributed by atoms with Gasteiger partial charge in [-0.15, -0.1) is 11.3 Å². The molecule has 0 saturated heterocycles. The highest BCUT2D eigenvalue weighted by Crippen LogP contribution is 2.38. The standard InChI is InChI=1S/C20H19N3O4S/c1-27-15-7-6-11(9-14(15)24)8-12(10-21)19(26)23-20-17(18(22)25)13-4-2-3-5-16(13)28-20/h6-9,24H,2-5H2,1H3,(H2,22,25)(H,23,26)/b12-8-. The average Bonchev–Trinajstić information content (AvgIpc) is 3.04. The molecule has 0 bridgehead atoms. The number of anilines is 1. The lowest BCUT2D eigenvalue weighted by Gasteiger charge is -2.11. The Balaban J connectivity index is 1.89. The van der Waals surface area contributed by atoms with Crippen LogP contribution in [0.5, 0.6) is 11.5 Å². The Kier molecular flexibility index (Phi) is 5.66. The number of fused-ring (bicyclic) bond motifs is 1. The molecule has 7 nitrogen and oxygen atoms in total. The van der Waals surface area contributed by atoms with Crippen molar-refractivity contribution in [1.29, 1.82) is 5.26 Å². The molecule has 1 aromatic heterocycles. The summed E-state index contributed by atoms with van der Waals surface area (Å²) in [7, 11) is 1.43. The summed E-state index contributed by atoms with van der Waals surface area (Å²) < 4.78 is 4.98. The van der Waals surface area contributed by atoms with E-state index >= 15 is 0 Å². The SMILES string of the molecule is COc1ccc(/C=C(/C#N)C(=O)Nc2sc3c(c2C(N)=O)CCCC3)cc1O. The normalized spacial score (nSPS) is 13.4. The van der Waals surface area contributed by atoms with Gasteiger partial charge in [0.15, 0.2) is 11.5 Å². The number of aryl methyl sites for hydroxylation is 1. The van der Waals surface area contributed by atoms with Crippen LogP contribution in [-0.4, -0.2) is 24.0 Å². The Bertz CT molecular complexity index is 1020. The van der Waals surface area contributed by atoms with Gasteiger partial charge in [0.25, 0.3) is 11.8 Å². The second-order valence-electron chi connectivity index (χ2n) is 6.33. The molecule has 2 aromatic rings. The van der Waals surface area contributed by atoms with E-state index in [4.69, 9.17) is 10.5 Å². The molecule has 0 unspecified atom stereocenters. The summed E-state index contributed by atoms with van der Waals surface area (Å²) in [5, 5.41) is 22.3. The van der Waals surface area contributed by atoms with Gasteiger partial charge >= 0.3 is 0 Å². The van der Waals surface area contributed by atoms with Crippen molar-refractivity contribution in [2.45, 2.75) is 25.7 Å². The molecule has 0 spiro atoms. The van der Waals surface area contributed by atoms with Gasteiger partial charge in [0.05, 0.1) is 12.7 Å². The number of thiophene rings is 1. The minimum atomic E-state index is -0.640. The first kappa shape index (κ1) is 19.5. The van der Waals surface area contributed by atoms with Gasteiger partial charge in [0.2, 0.25) is 0 Å². The van der Waals surface area contributed by atoms with Crippen LogP contribution in [0.4, 0.5) is 5.00 Å². The maximum atomic E-state index is 12.6. The fourth-order valence-corrected chi connectivity index (χ4v) is 4.49. The number of phenolic OH excluding ortho intramolecular Hbond substituents is 1. The van der Waals surface area contributed by atoms with Crippen LogP contribution in [0.3, 0.4) is 0 Å². The number of nitrogens with two attached hydrogens (primary N) is 1. The quantitative estimate of drug-likeness (QED) is 0.528. The van der Waals surface area contributed by atoms with E-state index in [1.54, 1.807) is 6.07 Å². The third-order valence-corrected chi connectivity index (χ3v) is 5.73. The molecule has 1 aliphatic carbocycles. The Morgan fingerprint density at radius 1 is 1.36 bits per heavy atom. The number of hydrogen-bond acceptors (Lipinski definition) is 6. The number of methoxy groups -OCH3 is 1. The van der Waals surface area contributed by atoms with Crippen molar-refractivity contribution in [3.63, 3.8) is 0 Å². The third kappa shape index (κ3) is 3.85. The Hall–Kier alpha value is -3.31. The fourth-order valence-electron chi connectivity index (χ4n) is 3.20. The number of nitrogens with one attached hydrogen (secondary N) is 1. The number of benzene rings is 1. The van der Waals surface area contributed by atoms with Crippen molar-refractivity contribution in [2.24, 2.45) is 5.73 Å². The molecule has 0 saturated carbocycles. The fraction of sp³-hybridized carbons (Fsp3) is 0.250. The first-order valence-electron chi connectivity index (χ1n) is 8.69. The maximum Gasteiger partial charge on any atom is 0.266 e. The molecule has 0 fully saturated rings. The topological polar surface area (TPSA) is 125 Å². The molecule has 144 valence electrons. The number of carbonyl (C=O) groups excluding carboxylic acids is 2. The van der Waals surface area contributed by atoms with Crippen LogP contribution in [0.25, 0.3) is 6.08 Å². The third-order valence-electron chi connectivity index (χ3n) is 4.52. The van der Waals surface area contributed by atoms with E-state index in [9.17, 15) is 20.0 Å². The molecule has 3 rings (SSSR count). The van der Waals surface area contributed by atoms with Gasteiger partial charge in [-0.25, -0.2) is 0 Å². The number of hydrogen-bond donors (Lipinski definition) is 3. The zero-order valence-electron chi connectivity index (χ0n) is 15.2. The lowest BCUT2D eigenvalue weighted by molar-refractivity contribution is -0.112. The van der Waals surface area contributed by atoms with Crippen LogP contribution in [0.2, 0.25) is 0 Å². The van der Waals surface area contributed by atoms with Gasteiger partial charge in [-0.2, -0.15) is 5.26 Å². The second-order valence-corrected chi connectivity index (χ2v) is 7.44. The number of nitriles is 1. The van der Waals surface area contributed by atoms with Crippen LogP contribution >= 0.6 is 11.3 Å². The number of rotatable bonds is 5. The highest BCUT2D eigenvalue weighted by molar-refractivity contribution is 7.17. The summed E-state index contributed by atoms with van der Waals surface area (Å²) in [6.07, 6.45) is 4.96. The smallest absolute Gasteiger partial charge is 0.266 e. The van der Waals surface area contributed by atoms with Gasteiger partial charge in [-0.1, -0.05) is 6.07 Å². The minimum absolute atomic E-state index is 0.101. The van der Waals surface area contributed by atoms with Crippen molar-refractivity contribution < 1.29 is 19.4 Å². The molecule has 1 aliphatic rings. The van der Waals surface area contributed by atoms with Gasteiger partial charge in [-0.05, 0) is 55.0 Å². The Labute approximate surface area is 166 Å². The average molecular weight is 397 g/mol. The van der Waals surface area contributed by atoms with E-state index in [1.807, 2.05) is 6.07 Å². The van der Waals surface area contributed by atoms with Gasteiger partial charge in [0, 0.05) is 4.88 Å². The summed E-state index contributed by atoms with van der Waals surface area (Å²) in [6, 6.07) is 6.39. The molecule has 0 atom stereocenters. The minimum Gasteiger partial charge on any atom is -0.504 e. The molecule has 8 heteroatoms. The van der Waals surface area contributed by atoms with E-state index in [-0.39, 0.29) is 17.1 Å². The van der Waals surface area contributed by atoms with Crippen molar-refractivity contribution >= 4 is 34.2 Å². The van der Waals surface area contributed by atoms with Gasteiger partial charge in [-0.3, -0.25) is 9.59 Å². The number of aromatic hydroxyl groups is 1. The number of nitrogens with zero attached hydrogens (tertiary/aromatic N) is 1. The summed E-state index contributed by atoms with van der Waals surface area (Å²) in [6.45, 7) is 0. The van der Waals surface area contributed by atoms with Crippen molar-refractivity contribution in [2.75, 3.05) is 12.4 Å². The number of phenols is 1. The summed E-state index contributed by atoms with van der Waals surface area (Å²) >= 11 is 1.33. The van der Waals surface area contributed by atoms with Gasteiger partial charge < -0.3 is 20.9 Å². The molecule has 4 N–H and O–H groups in total. The molecule has 28 heavy (non-hydrogen) atoms. The van der Waals surface area contributed by atoms with Crippen LogP contribution in [0.1, 0.15) is 39.2 Å². The zero-order valence-corrected chi connectivity index (χ0v) is 16.1. The molecule has 0 radical (unpaired) electrons. The largest absolute Gasteiger partial charge is 0.504 e. The predicted molar refractivity (Wildman–Crippen MR) is 106 cm³/mol. The number of ether oxygens (including phenoxy) is 1. The first-order valence-corrected chi connectivity index (χ1v) is 9.50. The summed E-state index contributed by atoms with van der Waals surface area (Å²) in [5.74, 6) is -1.04. The van der Waals surface area contributed by atoms with Crippen molar-refractivity contribution in [1.82, 2.24) is 0 Å². The van der Waals surface area contributed by atoms with E-state index in [2.05, 4.69) is 5.32 Å². The van der Waals surface area contributed by atoms with E-state index in [0.29, 0.717) is 16.1 Å². The van der Waals surface area contributed by atoms with Crippen LogP contribution < -0.4 is 15.8 Å². The monoisotopic (exact) mass is 397 g/mol. The Morgan fingerprint density at radius 3 is 2.75 bits per heavy atom. The Morgan fingerprint density at radius 2 is 2.11 bits per heavy atom. The molecular formula is C20H19N3O4S. The van der Waals surface area contributed by atoms with Crippen molar-refractivity contribution in [3.8, 4) is 17.6 Å². The highest BCUT2D eigenvalue weighted by Gasteiger charge is 2.25. The number of amides is 2. The lowest BCUT2D eigenvalue weighted by atomic mass is 9.95. The molecule has 1 aromatic carbocycles. The molecule has 0 aliphatic heterocycles. The first-order chi connectivity index (χ1) is 13.4. The van der Waals surface area contributed by atoms with E-state index in [0.717, 1.165) is 36.1 Å². The van der Waals surface area contributed by atoms with Gasteiger partial charge in [0.1, 0.15) is 16.6 Å². The molecular weight excluding hydrogens is 378 g/mol. The zero-order chi connectivity index (χ0) is 20.3. The van der Waals surface area contributed by atoms with Crippen LogP contribution in [0, 0.1) is 11.3 Å².